The maximum absolute atomic E-state index is 13.1. The van der Waals surface area contributed by atoms with Gasteiger partial charge >= 0.3 is 18.0 Å². The quantitative estimate of drug-likeness (QED) is 0.715. The van der Waals surface area contributed by atoms with Crippen molar-refractivity contribution >= 4 is 17.7 Å². The fraction of sp³-hybridized carbons (Fsp3) is 0.348. The first-order valence-corrected chi connectivity index (χ1v) is 10.2. The van der Waals surface area contributed by atoms with E-state index in [9.17, 15) is 27.6 Å². The molecule has 0 spiro atoms. The molecule has 1 heterocycles. The lowest BCUT2D eigenvalue weighted by molar-refractivity contribution is -0.170. The second kappa shape index (κ2) is 9.95. The van der Waals surface area contributed by atoms with Gasteiger partial charge in [-0.3, -0.25) is 19.3 Å². The number of carbonyl (C=O) groups excluding carboxylic acids is 3. The van der Waals surface area contributed by atoms with Gasteiger partial charge in [0.1, 0.15) is 6.54 Å². The second-order valence-electron chi connectivity index (χ2n) is 7.75. The van der Waals surface area contributed by atoms with Crippen molar-refractivity contribution in [3.63, 3.8) is 0 Å². The summed E-state index contributed by atoms with van der Waals surface area (Å²) < 4.78 is 39.4. The van der Waals surface area contributed by atoms with Gasteiger partial charge in [0.2, 0.25) is 5.91 Å². The van der Waals surface area contributed by atoms with Crippen molar-refractivity contribution in [1.82, 2.24) is 9.80 Å². The number of benzene rings is 2. The van der Waals surface area contributed by atoms with Gasteiger partial charge in [0.25, 0.3) is 0 Å². The van der Waals surface area contributed by atoms with E-state index < -0.39 is 37.0 Å². The van der Waals surface area contributed by atoms with Crippen LogP contribution >= 0.6 is 0 Å². The van der Waals surface area contributed by atoms with Crippen LogP contribution in [0.1, 0.15) is 35.4 Å². The Morgan fingerprint density at radius 1 is 1.06 bits per heavy atom. The standard InChI is InChI=1S/C23H24F3N3O3/c24-23(25,26)15-28(14-17-6-4-5-16(11-17)13-27)21(31)22(32)29-10-9-19(12-20(29)30)18-7-2-1-3-8-18/h1-8,11,19H,9-10,12-15,27H2. The number of alkyl halides is 3. The highest BCUT2D eigenvalue weighted by Gasteiger charge is 2.39. The summed E-state index contributed by atoms with van der Waals surface area (Å²) in [6, 6.07) is 15.7. The van der Waals surface area contributed by atoms with Crippen LogP contribution in [0, 0.1) is 0 Å². The Bertz CT molecular complexity index is 979. The minimum Gasteiger partial charge on any atom is -0.326 e. The molecule has 1 aliphatic heterocycles. The van der Waals surface area contributed by atoms with Gasteiger partial charge in [0, 0.05) is 26.1 Å². The van der Waals surface area contributed by atoms with Gasteiger partial charge in [0.15, 0.2) is 0 Å². The highest BCUT2D eigenvalue weighted by atomic mass is 19.4. The monoisotopic (exact) mass is 447 g/mol. The first-order valence-electron chi connectivity index (χ1n) is 10.2. The SMILES string of the molecule is NCc1cccc(CN(CC(F)(F)F)C(=O)C(=O)N2CCC(c3ccccc3)CC2=O)c1. The average Bonchev–Trinajstić information content (AvgIpc) is 2.77. The Morgan fingerprint density at radius 2 is 1.75 bits per heavy atom. The molecule has 0 aromatic heterocycles. The summed E-state index contributed by atoms with van der Waals surface area (Å²) >= 11 is 0. The van der Waals surface area contributed by atoms with E-state index in [0.29, 0.717) is 22.4 Å². The number of hydrogen-bond donors (Lipinski definition) is 1. The van der Waals surface area contributed by atoms with E-state index >= 15 is 0 Å². The van der Waals surface area contributed by atoms with E-state index in [0.717, 1.165) is 10.5 Å². The van der Waals surface area contributed by atoms with Crippen molar-refractivity contribution in [2.75, 3.05) is 13.1 Å². The van der Waals surface area contributed by atoms with Crippen LogP contribution in [0.15, 0.2) is 54.6 Å². The maximum atomic E-state index is 13.1. The second-order valence-corrected chi connectivity index (χ2v) is 7.75. The third-order valence-corrected chi connectivity index (χ3v) is 5.38. The molecule has 0 saturated carbocycles. The fourth-order valence-corrected chi connectivity index (χ4v) is 3.80. The number of halogens is 3. The minimum absolute atomic E-state index is 0.0147. The molecule has 1 aliphatic rings. The van der Waals surface area contributed by atoms with E-state index in [1.54, 1.807) is 24.3 Å². The number of amides is 3. The molecule has 1 fully saturated rings. The molecule has 3 amide bonds. The first kappa shape index (κ1) is 23.5. The molecule has 32 heavy (non-hydrogen) atoms. The molecule has 1 saturated heterocycles. The highest BCUT2D eigenvalue weighted by Crippen LogP contribution is 2.29. The van der Waals surface area contributed by atoms with Gasteiger partial charge in [-0.2, -0.15) is 13.2 Å². The Labute approximate surface area is 183 Å². The van der Waals surface area contributed by atoms with Gasteiger partial charge in [0.05, 0.1) is 0 Å². The maximum Gasteiger partial charge on any atom is 0.406 e. The number of piperidine rings is 1. The lowest BCUT2D eigenvalue weighted by Crippen LogP contribution is -2.51. The van der Waals surface area contributed by atoms with Crippen LogP contribution in [0.25, 0.3) is 0 Å². The molecule has 1 unspecified atom stereocenters. The number of likely N-dealkylation sites (tertiary alicyclic amines) is 1. The van der Waals surface area contributed by atoms with Crippen LogP contribution in [-0.2, 0) is 27.5 Å². The first-order chi connectivity index (χ1) is 15.2. The fourth-order valence-electron chi connectivity index (χ4n) is 3.80. The summed E-state index contributed by atoms with van der Waals surface area (Å²) in [7, 11) is 0. The Balaban J connectivity index is 1.73. The Kier molecular flexibility index (Phi) is 7.29. The van der Waals surface area contributed by atoms with Crippen LogP contribution in [0.5, 0.6) is 0 Å². The van der Waals surface area contributed by atoms with E-state index in [1.807, 2.05) is 30.3 Å². The van der Waals surface area contributed by atoms with Crippen molar-refractivity contribution < 1.29 is 27.6 Å². The zero-order valence-electron chi connectivity index (χ0n) is 17.3. The number of imide groups is 1. The third kappa shape index (κ3) is 5.94. The van der Waals surface area contributed by atoms with Crippen molar-refractivity contribution in [1.29, 1.82) is 0 Å². The van der Waals surface area contributed by atoms with E-state index in [4.69, 9.17) is 5.73 Å². The summed E-state index contributed by atoms with van der Waals surface area (Å²) in [5.74, 6) is -3.26. The number of hydrogen-bond acceptors (Lipinski definition) is 4. The zero-order chi connectivity index (χ0) is 23.3. The molecule has 170 valence electrons. The molecular formula is C23H24F3N3O3. The smallest absolute Gasteiger partial charge is 0.326 e. The van der Waals surface area contributed by atoms with E-state index in [1.165, 1.54) is 0 Å². The lowest BCUT2D eigenvalue weighted by atomic mass is 9.89. The van der Waals surface area contributed by atoms with Crippen molar-refractivity contribution in [2.24, 2.45) is 5.73 Å². The van der Waals surface area contributed by atoms with Crippen LogP contribution in [0.4, 0.5) is 13.2 Å². The summed E-state index contributed by atoms with van der Waals surface area (Å²) in [5.41, 5.74) is 7.61. The predicted octanol–water partition coefficient (Wildman–Crippen LogP) is 2.97. The molecule has 2 aromatic carbocycles. The van der Waals surface area contributed by atoms with Gasteiger partial charge in [-0.1, -0.05) is 54.6 Å². The normalized spacial score (nSPS) is 16.7. The largest absolute Gasteiger partial charge is 0.406 e. The number of rotatable bonds is 5. The molecule has 0 bridgehead atoms. The summed E-state index contributed by atoms with van der Waals surface area (Å²) in [5, 5.41) is 0. The zero-order valence-corrected chi connectivity index (χ0v) is 17.3. The molecule has 0 aliphatic carbocycles. The molecule has 6 nitrogen and oxygen atoms in total. The lowest BCUT2D eigenvalue weighted by Gasteiger charge is -2.32. The van der Waals surface area contributed by atoms with Gasteiger partial charge in [-0.15, -0.1) is 0 Å². The summed E-state index contributed by atoms with van der Waals surface area (Å²) in [6.07, 6.45) is -4.25. The predicted molar refractivity (Wildman–Crippen MR) is 111 cm³/mol. The van der Waals surface area contributed by atoms with Gasteiger partial charge in [-0.05, 0) is 29.0 Å². The Morgan fingerprint density at radius 3 is 2.38 bits per heavy atom. The van der Waals surface area contributed by atoms with E-state index in [2.05, 4.69) is 0 Å². The van der Waals surface area contributed by atoms with Gasteiger partial charge in [-0.25, -0.2) is 0 Å². The number of nitrogens with zero attached hydrogens (tertiary/aromatic N) is 2. The highest BCUT2D eigenvalue weighted by molar-refractivity contribution is 6.37. The molecule has 2 N–H and O–H groups in total. The van der Waals surface area contributed by atoms with E-state index in [-0.39, 0.29) is 25.4 Å². The minimum atomic E-state index is -4.70. The molecular weight excluding hydrogens is 423 g/mol. The van der Waals surface area contributed by atoms with Crippen molar-refractivity contribution in [3.05, 3.63) is 71.3 Å². The molecule has 0 radical (unpaired) electrons. The topological polar surface area (TPSA) is 83.7 Å². The van der Waals surface area contributed by atoms with Crippen molar-refractivity contribution in [2.45, 2.75) is 38.0 Å². The summed E-state index contributed by atoms with van der Waals surface area (Å²) in [4.78, 5) is 39.2. The van der Waals surface area contributed by atoms with Gasteiger partial charge < -0.3 is 10.6 Å². The molecule has 9 heteroatoms. The number of nitrogens with two attached hydrogens (primary N) is 1. The average molecular weight is 447 g/mol. The molecule has 2 aromatic rings. The summed E-state index contributed by atoms with van der Waals surface area (Å²) in [6.45, 7) is -1.86. The van der Waals surface area contributed by atoms with Crippen LogP contribution in [0.3, 0.4) is 0 Å². The molecule has 1 atom stereocenters. The molecule has 3 rings (SSSR count). The van der Waals surface area contributed by atoms with Crippen LogP contribution in [-0.4, -0.2) is 46.8 Å². The van der Waals surface area contributed by atoms with Crippen LogP contribution < -0.4 is 5.73 Å². The van der Waals surface area contributed by atoms with Crippen molar-refractivity contribution in [3.8, 4) is 0 Å². The Hall–Kier alpha value is -3.20. The number of carbonyl (C=O) groups is 3. The third-order valence-electron chi connectivity index (χ3n) is 5.38. The van der Waals surface area contributed by atoms with Crippen LogP contribution in [0.2, 0.25) is 0 Å².